The molecule has 0 fully saturated rings. The lowest BCUT2D eigenvalue weighted by molar-refractivity contribution is 0.540. The van der Waals surface area contributed by atoms with Gasteiger partial charge in [0, 0.05) is 24.3 Å². The minimum absolute atomic E-state index is 0.610. The van der Waals surface area contributed by atoms with E-state index in [1.807, 2.05) is 23.0 Å². The van der Waals surface area contributed by atoms with Gasteiger partial charge in [0.2, 0.25) is 0 Å². The second-order valence-electron chi connectivity index (χ2n) is 4.22. The molecule has 0 aromatic carbocycles. The maximum atomic E-state index is 4.32. The lowest BCUT2D eigenvalue weighted by Crippen LogP contribution is -2.25. The summed E-state index contributed by atoms with van der Waals surface area (Å²) in [5.41, 5.74) is 2.47. The van der Waals surface area contributed by atoms with E-state index in [0.29, 0.717) is 6.04 Å². The lowest BCUT2D eigenvalue weighted by atomic mass is 10.2. The van der Waals surface area contributed by atoms with Crippen LogP contribution >= 0.6 is 0 Å². The van der Waals surface area contributed by atoms with Crippen molar-refractivity contribution in [3.63, 3.8) is 0 Å². The van der Waals surface area contributed by atoms with Gasteiger partial charge in [-0.05, 0) is 25.0 Å². The molecule has 3 heteroatoms. The maximum absolute atomic E-state index is 4.32. The van der Waals surface area contributed by atoms with Gasteiger partial charge >= 0.3 is 0 Å². The molecule has 1 aliphatic carbocycles. The Balaban J connectivity index is 1.74. The first kappa shape index (κ1) is 9.60. The number of nitrogens with one attached hydrogen (secondary N) is 1. The van der Waals surface area contributed by atoms with Gasteiger partial charge in [-0.1, -0.05) is 18.2 Å². The van der Waals surface area contributed by atoms with Gasteiger partial charge < -0.3 is 5.32 Å². The number of pyridine rings is 1. The smallest absolute Gasteiger partial charge is 0.0706 e. The standard InChI is InChI=1S/C13H15N3/c1-2-6-12(5-1)14-9-11-10-15-16-8-4-3-7-13(11)16/h1-4,7-8,10,12,14H,5-6,9H2. The van der Waals surface area contributed by atoms with Crippen molar-refractivity contribution < 1.29 is 0 Å². The average molecular weight is 213 g/mol. The van der Waals surface area contributed by atoms with Crippen molar-refractivity contribution >= 4 is 5.52 Å². The number of aromatic nitrogens is 2. The second kappa shape index (κ2) is 4.10. The van der Waals surface area contributed by atoms with Crippen molar-refractivity contribution in [3.8, 4) is 0 Å². The molecule has 16 heavy (non-hydrogen) atoms. The van der Waals surface area contributed by atoms with Crippen LogP contribution in [0.2, 0.25) is 0 Å². The van der Waals surface area contributed by atoms with E-state index in [4.69, 9.17) is 0 Å². The monoisotopic (exact) mass is 213 g/mol. The van der Waals surface area contributed by atoms with Crippen molar-refractivity contribution in [3.05, 3.63) is 48.3 Å². The molecule has 0 amide bonds. The van der Waals surface area contributed by atoms with E-state index in [0.717, 1.165) is 19.4 Å². The highest BCUT2D eigenvalue weighted by Gasteiger charge is 2.10. The molecule has 0 spiro atoms. The molecule has 0 saturated carbocycles. The minimum atomic E-state index is 0.610. The zero-order chi connectivity index (χ0) is 10.8. The number of nitrogens with zero attached hydrogens (tertiary/aromatic N) is 2. The first-order chi connectivity index (χ1) is 7.93. The molecule has 2 heterocycles. The van der Waals surface area contributed by atoms with Gasteiger partial charge in [-0.25, -0.2) is 4.52 Å². The Morgan fingerprint density at radius 3 is 3.06 bits per heavy atom. The normalized spacial score (nSPS) is 16.2. The fourth-order valence-electron chi connectivity index (χ4n) is 2.16. The van der Waals surface area contributed by atoms with Crippen LogP contribution < -0.4 is 5.32 Å². The Hall–Kier alpha value is -1.61. The molecule has 0 bridgehead atoms. The molecule has 0 saturated heterocycles. The number of hydrogen-bond donors (Lipinski definition) is 1. The highest BCUT2D eigenvalue weighted by Crippen LogP contribution is 2.13. The lowest BCUT2D eigenvalue weighted by Gasteiger charge is -2.10. The van der Waals surface area contributed by atoms with Gasteiger partial charge in [-0.15, -0.1) is 0 Å². The van der Waals surface area contributed by atoms with Crippen LogP contribution in [0.5, 0.6) is 0 Å². The van der Waals surface area contributed by atoms with E-state index in [2.05, 4.69) is 34.7 Å². The van der Waals surface area contributed by atoms with Crippen LogP contribution in [-0.2, 0) is 6.54 Å². The van der Waals surface area contributed by atoms with Crippen molar-refractivity contribution in [1.82, 2.24) is 14.9 Å². The quantitative estimate of drug-likeness (QED) is 0.791. The largest absolute Gasteiger partial charge is 0.309 e. The molecule has 1 N–H and O–H groups in total. The van der Waals surface area contributed by atoms with Crippen LogP contribution in [0.1, 0.15) is 18.4 Å². The molecule has 1 aliphatic rings. The summed E-state index contributed by atoms with van der Waals surface area (Å²) in [4.78, 5) is 0. The Kier molecular flexibility index (Phi) is 2.46. The Morgan fingerprint density at radius 1 is 1.31 bits per heavy atom. The maximum Gasteiger partial charge on any atom is 0.0706 e. The van der Waals surface area contributed by atoms with Crippen LogP contribution in [-0.4, -0.2) is 15.7 Å². The molecule has 82 valence electrons. The molecule has 2 aromatic rings. The van der Waals surface area contributed by atoms with Gasteiger partial charge in [0.05, 0.1) is 11.7 Å². The Labute approximate surface area is 94.8 Å². The van der Waals surface area contributed by atoms with E-state index in [1.165, 1.54) is 11.1 Å². The van der Waals surface area contributed by atoms with E-state index in [1.54, 1.807) is 0 Å². The van der Waals surface area contributed by atoms with Crippen molar-refractivity contribution in [2.45, 2.75) is 25.4 Å². The number of rotatable bonds is 3. The fourth-order valence-corrected chi connectivity index (χ4v) is 2.16. The van der Waals surface area contributed by atoms with E-state index >= 15 is 0 Å². The second-order valence-corrected chi connectivity index (χ2v) is 4.22. The van der Waals surface area contributed by atoms with Crippen molar-refractivity contribution in [2.24, 2.45) is 0 Å². The highest BCUT2D eigenvalue weighted by molar-refractivity contribution is 5.53. The van der Waals surface area contributed by atoms with Gasteiger partial charge in [-0.2, -0.15) is 5.10 Å². The first-order valence-corrected chi connectivity index (χ1v) is 5.73. The fraction of sp³-hybridized carbons (Fsp3) is 0.308. The molecule has 0 aliphatic heterocycles. The molecular formula is C13H15N3. The van der Waals surface area contributed by atoms with Crippen molar-refractivity contribution in [1.29, 1.82) is 0 Å². The predicted octanol–water partition coefficient (Wildman–Crippen LogP) is 2.14. The van der Waals surface area contributed by atoms with Gasteiger partial charge in [0.1, 0.15) is 0 Å². The van der Waals surface area contributed by atoms with Crippen LogP contribution in [0, 0.1) is 0 Å². The molecule has 0 radical (unpaired) electrons. The summed E-state index contributed by atoms with van der Waals surface area (Å²) in [6.07, 6.45) is 10.7. The molecular weight excluding hydrogens is 198 g/mol. The third kappa shape index (κ3) is 1.74. The van der Waals surface area contributed by atoms with Gasteiger partial charge in [0.15, 0.2) is 0 Å². The molecule has 2 aromatic heterocycles. The summed E-state index contributed by atoms with van der Waals surface area (Å²) >= 11 is 0. The zero-order valence-corrected chi connectivity index (χ0v) is 9.13. The first-order valence-electron chi connectivity index (χ1n) is 5.73. The molecule has 0 unspecified atom stereocenters. The minimum Gasteiger partial charge on any atom is -0.309 e. The summed E-state index contributed by atoms with van der Waals surface area (Å²) in [6, 6.07) is 6.77. The summed E-state index contributed by atoms with van der Waals surface area (Å²) < 4.78 is 1.92. The zero-order valence-electron chi connectivity index (χ0n) is 9.13. The molecule has 0 atom stereocenters. The van der Waals surface area contributed by atoms with E-state index in [9.17, 15) is 0 Å². The third-order valence-corrected chi connectivity index (χ3v) is 3.10. The van der Waals surface area contributed by atoms with Gasteiger partial charge in [0.25, 0.3) is 0 Å². The third-order valence-electron chi connectivity index (χ3n) is 3.10. The summed E-state index contributed by atoms with van der Waals surface area (Å²) in [7, 11) is 0. The molecule has 3 rings (SSSR count). The molecule has 3 nitrogen and oxygen atoms in total. The van der Waals surface area contributed by atoms with Gasteiger partial charge in [-0.3, -0.25) is 0 Å². The number of hydrogen-bond acceptors (Lipinski definition) is 2. The van der Waals surface area contributed by atoms with Crippen molar-refractivity contribution in [2.75, 3.05) is 0 Å². The van der Waals surface area contributed by atoms with Crippen LogP contribution in [0.15, 0.2) is 42.7 Å². The highest BCUT2D eigenvalue weighted by atomic mass is 15.2. The Bertz CT molecular complexity index is 505. The van der Waals surface area contributed by atoms with E-state index < -0.39 is 0 Å². The van der Waals surface area contributed by atoms with E-state index in [-0.39, 0.29) is 0 Å². The summed E-state index contributed by atoms with van der Waals surface area (Å²) in [6.45, 7) is 0.903. The summed E-state index contributed by atoms with van der Waals surface area (Å²) in [5.74, 6) is 0. The number of fused-ring (bicyclic) bond motifs is 1. The van der Waals surface area contributed by atoms with Crippen LogP contribution in [0.4, 0.5) is 0 Å². The predicted molar refractivity (Wildman–Crippen MR) is 64.2 cm³/mol. The SMILES string of the molecule is C1=CCC(NCc2cnn3ccccc23)C1. The van der Waals surface area contributed by atoms with Crippen LogP contribution in [0.25, 0.3) is 5.52 Å². The Morgan fingerprint density at radius 2 is 2.19 bits per heavy atom. The summed E-state index contributed by atoms with van der Waals surface area (Å²) in [5, 5.41) is 7.89. The topological polar surface area (TPSA) is 29.3 Å². The average Bonchev–Trinajstić information content (AvgIpc) is 2.96. The van der Waals surface area contributed by atoms with Crippen LogP contribution in [0.3, 0.4) is 0 Å².